The zero-order valence-electron chi connectivity index (χ0n) is 13.5. The summed E-state index contributed by atoms with van der Waals surface area (Å²) in [5.74, 6) is -1.93. The molecule has 1 aliphatic carbocycles. The quantitative estimate of drug-likeness (QED) is 0.500. The Morgan fingerprint density at radius 3 is 2.28 bits per heavy atom. The summed E-state index contributed by atoms with van der Waals surface area (Å²) in [6, 6.07) is 5.09. The molecule has 0 atom stereocenters. The summed E-state index contributed by atoms with van der Waals surface area (Å²) >= 11 is 0. The molecule has 1 aromatic rings. The van der Waals surface area contributed by atoms with Gasteiger partial charge in [0.05, 0.1) is 4.92 Å². The summed E-state index contributed by atoms with van der Waals surface area (Å²) in [6.07, 6.45) is 2.27. The van der Waals surface area contributed by atoms with Gasteiger partial charge in [-0.1, -0.05) is 12.8 Å². The maximum atomic E-state index is 11.9. The Balaban J connectivity index is 1.81. The first-order valence-electron chi connectivity index (χ1n) is 7.91. The van der Waals surface area contributed by atoms with Crippen LogP contribution in [0.4, 0.5) is 5.69 Å². The van der Waals surface area contributed by atoms with Gasteiger partial charge in [0.2, 0.25) is 5.91 Å². The van der Waals surface area contributed by atoms with Crippen molar-refractivity contribution in [3.63, 3.8) is 0 Å². The number of hydrogen-bond acceptors (Lipinski definition) is 5. The van der Waals surface area contributed by atoms with Crippen molar-refractivity contribution in [1.82, 2.24) is 10.6 Å². The first kappa shape index (κ1) is 18.4. The molecule has 0 aromatic heterocycles. The second-order valence-corrected chi connectivity index (χ2v) is 5.95. The SMILES string of the molecule is O=C(CCNC(=O)c1ccc([N+](=O)[O-])cc1)NC1(C(=O)O)CCCC1. The van der Waals surface area contributed by atoms with Crippen LogP contribution in [0.3, 0.4) is 0 Å². The number of carboxylic acid groups (broad SMARTS) is 1. The molecule has 25 heavy (non-hydrogen) atoms. The number of nitro benzene ring substituents is 1. The van der Waals surface area contributed by atoms with E-state index in [1.165, 1.54) is 24.3 Å². The number of nitro groups is 1. The highest BCUT2D eigenvalue weighted by atomic mass is 16.6. The Bertz CT molecular complexity index is 680. The Labute approximate surface area is 143 Å². The predicted molar refractivity (Wildman–Crippen MR) is 87.0 cm³/mol. The second kappa shape index (κ2) is 7.73. The van der Waals surface area contributed by atoms with Gasteiger partial charge in [-0.2, -0.15) is 0 Å². The number of amides is 2. The number of rotatable bonds is 7. The van der Waals surface area contributed by atoms with Crippen LogP contribution < -0.4 is 10.6 Å². The number of nitrogens with one attached hydrogen (secondary N) is 2. The van der Waals surface area contributed by atoms with Crippen LogP contribution in [-0.4, -0.2) is 39.9 Å². The molecule has 1 saturated carbocycles. The molecule has 3 N–H and O–H groups in total. The van der Waals surface area contributed by atoms with Crippen molar-refractivity contribution in [2.75, 3.05) is 6.54 Å². The standard InChI is InChI=1S/C16H19N3O6/c20-13(18-16(15(22)23)8-1-2-9-16)7-10-17-14(21)11-3-5-12(6-4-11)19(24)25/h3-6H,1-2,7-10H2,(H,17,21)(H,18,20)(H,22,23). The highest BCUT2D eigenvalue weighted by Gasteiger charge is 2.42. The maximum Gasteiger partial charge on any atom is 0.329 e. The number of benzene rings is 1. The maximum absolute atomic E-state index is 11.9. The zero-order valence-corrected chi connectivity index (χ0v) is 13.5. The lowest BCUT2D eigenvalue weighted by molar-refractivity contribution is -0.384. The lowest BCUT2D eigenvalue weighted by Gasteiger charge is -2.25. The summed E-state index contributed by atoms with van der Waals surface area (Å²) in [6.45, 7) is 0.0390. The molecule has 9 nitrogen and oxygen atoms in total. The smallest absolute Gasteiger partial charge is 0.329 e. The molecular formula is C16H19N3O6. The predicted octanol–water partition coefficient (Wildman–Crippen LogP) is 1.23. The summed E-state index contributed by atoms with van der Waals surface area (Å²) in [7, 11) is 0. The largest absolute Gasteiger partial charge is 0.480 e. The first-order valence-corrected chi connectivity index (χ1v) is 7.91. The van der Waals surface area contributed by atoms with Crippen molar-refractivity contribution in [2.24, 2.45) is 0 Å². The van der Waals surface area contributed by atoms with E-state index in [1.807, 2.05) is 0 Å². The minimum absolute atomic E-state index is 0.0390. The molecule has 2 amide bonds. The minimum atomic E-state index is -1.19. The zero-order chi connectivity index (χ0) is 18.4. The third-order valence-corrected chi connectivity index (χ3v) is 4.22. The van der Waals surface area contributed by atoms with E-state index in [1.54, 1.807) is 0 Å². The van der Waals surface area contributed by atoms with E-state index in [-0.39, 0.29) is 24.2 Å². The van der Waals surface area contributed by atoms with Gasteiger partial charge < -0.3 is 15.7 Å². The fourth-order valence-electron chi connectivity index (χ4n) is 2.83. The summed E-state index contributed by atoms with van der Waals surface area (Å²) < 4.78 is 0. The number of aliphatic carboxylic acids is 1. The van der Waals surface area contributed by atoms with Crippen molar-refractivity contribution in [3.05, 3.63) is 39.9 Å². The average Bonchev–Trinajstić information content (AvgIpc) is 3.04. The first-order chi connectivity index (χ1) is 11.8. The fourth-order valence-corrected chi connectivity index (χ4v) is 2.83. The monoisotopic (exact) mass is 349 g/mol. The molecule has 0 unspecified atom stereocenters. The van der Waals surface area contributed by atoms with Crippen LogP contribution in [0.15, 0.2) is 24.3 Å². The molecule has 0 spiro atoms. The van der Waals surface area contributed by atoms with E-state index < -0.39 is 28.2 Å². The molecule has 0 heterocycles. The molecule has 2 rings (SSSR count). The second-order valence-electron chi connectivity index (χ2n) is 5.95. The van der Waals surface area contributed by atoms with E-state index >= 15 is 0 Å². The van der Waals surface area contributed by atoms with Gasteiger partial charge >= 0.3 is 5.97 Å². The Morgan fingerprint density at radius 2 is 1.76 bits per heavy atom. The third kappa shape index (κ3) is 4.52. The van der Waals surface area contributed by atoms with Gasteiger partial charge in [0, 0.05) is 30.7 Å². The molecule has 1 fully saturated rings. The van der Waals surface area contributed by atoms with Gasteiger partial charge in [0.25, 0.3) is 11.6 Å². The van der Waals surface area contributed by atoms with Gasteiger partial charge in [-0.15, -0.1) is 0 Å². The molecule has 9 heteroatoms. The third-order valence-electron chi connectivity index (χ3n) is 4.22. The summed E-state index contributed by atoms with van der Waals surface area (Å²) in [5.41, 5.74) is -1.07. The van der Waals surface area contributed by atoms with Crippen molar-refractivity contribution in [2.45, 2.75) is 37.6 Å². The molecule has 0 aliphatic heterocycles. The lowest BCUT2D eigenvalue weighted by Crippen LogP contribution is -2.52. The van der Waals surface area contributed by atoms with Crippen molar-refractivity contribution in [1.29, 1.82) is 0 Å². The Kier molecular flexibility index (Phi) is 5.68. The van der Waals surface area contributed by atoms with E-state index in [2.05, 4.69) is 10.6 Å². The fraction of sp³-hybridized carbons (Fsp3) is 0.438. The van der Waals surface area contributed by atoms with Crippen molar-refractivity contribution >= 4 is 23.5 Å². The van der Waals surface area contributed by atoms with Gasteiger partial charge in [0.1, 0.15) is 5.54 Å². The number of non-ortho nitro benzene ring substituents is 1. The Morgan fingerprint density at radius 1 is 1.16 bits per heavy atom. The average molecular weight is 349 g/mol. The van der Waals surface area contributed by atoms with Gasteiger partial charge in [0.15, 0.2) is 0 Å². The van der Waals surface area contributed by atoms with Crippen LogP contribution in [0.1, 0.15) is 42.5 Å². The highest BCUT2D eigenvalue weighted by Crippen LogP contribution is 2.29. The molecule has 1 aromatic carbocycles. The molecule has 134 valence electrons. The molecule has 1 aliphatic rings. The number of nitrogens with zero attached hydrogens (tertiary/aromatic N) is 1. The van der Waals surface area contributed by atoms with Crippen LogP contribution in [0.5, 0.6) is 0 Å². The lowest BCUT2D eigenvalue weighted by atomic mass is 9.97. The molecule has 0 bridgehead atoms. The van der Waals surface area contributed by atoms with Gasteiger partial charge in [-0.25, -0.2) is 4.79 Å². The van der Waals surface area contributed by atoms with Crippen LogP contribution >= 0.6 is 0 Å². The van der Waals surface area contributed by atoms with Crippen molar-refractivity contribution < 1.29 is 24.4 Å². The topological polar surface area (TPSA) is 139 Å². The van der Waals surface area contributed by atoms with Gasteiger partial charge in [-0.05, 0) is 25.0 Å². The van der Waals surface area contributed by atoms with E-state index in [4.69, 9.17) is 0 Å². The normalized spacial score (nSPS) is 15.4. The molecule has 0 saturated heterocycles. The molecule has 0 radical (unpaired) electrons. The van der Waals surface area contributed by atoms with E-state index in [0.29, 0.717) is 12.8 Å². The van der Waals surface area contributed by atoms with E-state index in [9.17, 15) is 29.6 Å². The van der Waals surface area contributed by atoms with Crippen LogP contribution in [0.25, 0.3) is 0 Å². The van der Waals surface area contributed by atoms with Crippen LogP contribution in [-0.2, 0) is 9.59 Å². The summed E-state index contributed by atoms with van der Waals surface area (Å²) in [5, 5.41) is 25.0. The van der Waals surface area contributed by atoms with Crippen molar-refractivity contribution in [3.8, 4) is 0 Å². The minimum Gasteiger partial charge on any atom is -0.480 e. The van der Waals surface area contributed by atoms with Crippen LogP contribution in [0.2, 0.25) is 0 Å². The van der Waals surface area contributed by atoms with E-state index in [0.717, 1.165) is 12.8 Å². The van der Waals surface area contributed by atoms with Crippen LogP contribution in [0, 0.1) is 10.1 Å². The number of hydrogen-bond donors (Lipinski definition) is 3. The number of carboxylic acids is 1. The highest BCUT2D eigenvalue weighted by molar-refractivity contribution is 5.94. The number of carbonyl (C=O) groups excluding carboxylic acids is 2. The van der Waals surface area contributed by atoms with Gasteiger partial charge in [-0.3, -0.25) is 19.7 Å². The Hall–Kier alpha value is -2.97. The summed E-state index contributed by atoms with van der Waals surface area (Å²) in [4.78, 5) is 45.2. The number of carbonyl (C=O) groups is 3. The molecular weight excluding hydrogens is 330 g/mol.